The summed E-state index contributed by atoms with van der Waals surface area (Å²) in [7, 11) is 0. The molecule has 0 fully saturated rings. The van der Waals surface area contributed by atoms with Gasteiger partial charge in [-0.2, -0.15) is 0 Å². The molecule has 78 valence electrons. The summed E-state index contributed by atoms with van der Waals surface area (Å²) < 4.78 is 4.91. The summed E-state index contributed by atoms with van der Waals surface area (Å²) in [6, 6.07) is 9.86. The Morgan fingerprint density at radius 2 is 2.07 bits per heavy atom. The van der Waals surface area contributed by atoms with Crippen LogP contribution < -0.4 is 0 Å². The van der Waals surface area contributed by atoms with Crippen molar-refractivity contribution in [2.24, 2.45) is 0 Å². The summed E-state index contributed by atoms with van der Waals surface area (Å²) in [6.45, 7) is 3.76. The van der Waals surface area contributed by atoms with Gasteiger partial charge in [-0.05, 0) is 11.6 Å². The van der Waals surface area contributed by atoms with Crippen LogP contribution in [0.4, 0.5) is 0 Å². The van der Waals surface area contributed by atoms with Crippen molar-refractivity contribution in [2.45, 2.75) is 6.42 Å². The topological polar surface area (TPSA) is 26.3 Å². The third-order valence-corrected chi connectivity index (χ3v) is 1.76. The van der Waals surface area contributed by atoms with Gasteiger partial charge in [0.2, 0.25) is 0 Å². The predicted molar refractivity (Wildman–Crippen MR) is 61.2 cm³/mol. The van der Waals surface area contributed by atoms with E-state index in [-0.39, 0.29) is 12.4 Å². The molecule has 15 heavy (non-hydrogen) atoms. The lowest BCUT2D eigenvalue weighted by Gasteiger charge is -1.97. The summed E-state index contributed by atoms with van der Waals surface area (Å²) >= 11 is 0. The van der Waals surface area contributed by atoms with Crippen molar-refractivity contribution in [3.63, 3.8) is 0 Å². The monoisotopic (exact) mass is 202 g/mol. The molecule has 1 aromatic rings. The maximum atomic E-state index is 10.9. The van der Waals surface area contributed by atoms with E-state index in [1.165, 1.54) is 6.08 Å². The van der Waals surface area contributed by atoms with Crippen LogP contribution in [0.25, 0.3) is 6.08 Å². The van der Waals surface area contributed by atoms with Gasteiger partial charge >= 0.3 is 5.97 Å². The quantitative estimate of drug-likeness (QED) is 0.542. The first kappa shape index (κ1) is 11.2. The highest BCUT2D eigenvalue weighted by atomic mass is 16.5. The van der Waals surface area contributed by atoms with E-state index in [0.717, 1.165) is 5.56 Å². The van der Waals surface area contributed by atoms with Gasteiger partial charge < -0.3 is 4.74 Å². The van der Waals surface area contributed by atoms with Crippen molar-refractivity contribution in [2.75, 3.05) is 6.61 Å². The maximum absolute atomic E-state index is 10.9. The number of hydrogen-bond donors (Lipinski definition) is 0. The molecule has 0 saturated carbocycles. The number of carbonyl (C=O) groups is 1. The molecular formula is C13H14O2. The largest absolute Gasteiger partial charge is 0.461 e. The van der Waals surface area contributed by atoms with Crippen LogP contribution in [0.5, 0.6) is 0 Å². The average molecular weight is 202 g/mol. The number of benzene rings is 1. The van der Waals surface area contributed by atoms with E-state index in [0.29, 0.717) is 6.61 Å². The first-order valence-electron chi connectivity index (χ1n) is 4.81. The van der Waals surface area contributed by atoms with Crippen LogP contribution in [0, 0.1) is 0 Å². The van der Waals surface area contributed by atoms with E-state index in [1.54, 1.807) is 0 Å². The Balaban J connectivity index is 2.29. The molecule has 0 N–H and O–H groups in total. The van der Waals surface area contributed by atoms with E-state index >= 15 is 0 Å². The van der Waals surface area contributed by atoms with Crippen LogP contribution in [0.15, 0.2) is 49.1 Å². The fourth-order valence-electron chi connectivity index (χ4n) is 1.07. The molecular weight excluding hydrogens is 188 g/mol. The Labute approximate surface area is 89.9 Å². The molecule has 0 spiro atoms. The first-order valence-corrected chi connectivity index (χ1v) is 4.81. The molecule has 2 nitrogen and oxygen atoms in total. The van der Waals surface area contributed by atoms with Gasteiger partial charge in [-0.1, -0.05) is 42.5 Å². The zero-order valence-electron chi connectivity index (χ0n) is 8.56. The Kier molecular flexibility index (Phi) is 4.95. The van der Waals surface area contributed by atoms with Crippen molar-refractivity contribution in [1.29, 1.82) is 0 Å². The normalized spacial score (nSPS) is 10.1. The smallest absolute Gasteiger partial charge is 0.309 e. The molecule has 2 heteroatoms. The molecule has 0 aliphatic heterocycles. The predicted octanol–water partition coefficient (Wildman–Crippen LogP) is 2.82. The molecule has 0 unspecified atom stereocenters. The fraction of sp³-hybridized carbons (Fsp3) is 0.154. The van der Waals surface area contributed by atoms with Gasteiger partial charge in [0.25, 0.3) is 0 Å². The van der Waals surface area contributed by atoms with Crippen molar-refractivity contribution in [3.05, 3.63) is 54.6 Å². The van der Waals surface area contributed by atoms with Crippen LogP contribution in [-0.4, -0.2) is 12.6 Å². The van der Waals surface area contributed by atoms with Crippen molar-refractivity contribution >= 4 is 12.0 Å². The Morgan fingerprint density at radius 3 is 2.73 bits per heavy atom. The van der Waals surface area contributed by atoms with Gasteiger partial charge in [-0.15, -0.1) is 6.58 Å². The summed E-state index contributed by atoms with van der Waals surface area (Å²) in [4.78, 5) is 10.9. The summed E-state index contributed by atoms with van der Waals surface area (Å²) in [6.07, 6.45) is 5.53. The lowest BCUT2D eigenvalue weighted by molar-refractivity contribution is -0.141. The molecule has 0 bridgehead atoms. The van der Waals surface area contributed by atoms with E-state index in [1.807, 2.05) is 42.5 Å². The Morgan fingerprint density at radius 1 is 1.33 bits per heavy atom. The highest BCUT2D eigenvalue weighted by Gasteiger charge is 1.95. The third kappa shape index (κ3) is 4.81. The maximum Gasteiger partial charge on any atom is 0.309 e. The van der Waals surface area contributed by atoms with Crippen LogP contribution in [-0.2, 0) is 9.53 Å². The molecule has 0 aromatic heterocycles. The lowest BCUT2D eigenvalue weighted by atomic mass is 10.2. The van der Waals surface area contributed by atoms with Crippen molar-refractivity contribution in [3.8, 4) is 0 Å². The highest BCUT2D eigenvalue weighted by Crippen LogP contribution is 2.00. The molecule has 0 radical (unpaired) electrons. The molecule has 1 aromatic carbocycles. The van der Waals surface area contributed by atoms with Gasteiger partial charge in [0.05, 0.1) is 6.42 Å². The first-order chi connectivity index (χ1) is 7.33. The fourth-order valence-corrected chi connectivity index (χ4v) is 1.07. The number of hydrogen-bond acceptors (Lipinski definition) is 2. The molecule has 0 amide bonds. The minimum atomic E-state index is -0.247. The zero-order valence-corrected chi connectivity index (χ0v) is 8.56. The Hall–Kier alpha value is -1.83. The summed E-state index contributed by atoms with van der Waals surface area (Å²) in [5.41, 5.74) is 1.09. The zero-order chi connectivity index (χ0) is 10.9. The molecule has 0 heterocycles. The van der Waals surface area contributed by atoms with Crippen LogP contribution in [0.1, 0.15) is 12.0 Å². The minimum absolute atomic E-state index is 0.247. The van der Waals surface area contributed by atoms with Crippen molar-refractivity contribution < 1.29 is 9.53 Å². The molecule has 1 rings (SSSR count). The summed E-state index contributed by atoms with van der Waals surface area (Å²) in [5.74, 6) is -0.247. The Bertz CT molecular complexity index is 339. The van der Waals surface area contributed by atoms with E-state index in [9.17, 15) is 4.79 Å². The van der Waals surface area contributed by atoms with Crippen molar-refractivity contribution in [1.82, 2.24) is 0 Å². The van der Waals surface area contributed by atoms with Gasteiger partial charge in [0.1, 0.15) is 6.61 Å². The standard InChI is InChI=1S/C13H14O2/c1-2-7-13(14)15-11-6-10-12-8-4-3-5-9-12/h2-6,8-10H,1,7,11H2. The van der Waals surface area contributed by atoms with Gasteiger partial charge in [0.15, 0.2) is 0 Å². The molecule has 0 aliphatic carbocycles. The third-order valence-electron chi connectivity index (χ3n) is 1.76. The minimum Gasteiger partial charge on any atom is -0.461 e. The SMILES string of the molecule is C=CCC(=O)OCC=Cc1ccccc1. The second-order valence-corrected chi connectivity index (χ2v) is 2.99. The summed E-state index contributed by atoms with van der Waals surface area (Å²) in [5, 5.41) is 0. The number of ether oxygens (including phenoxy) is 1. The second-order valence-electron chi connectivity index (χ2n) is 2.99. The molecule has 0 atom stereocenters. The van der Waals surface area contributed by atoms with Crippen LogP contribution in [0.3, 0.4) is 0 Å². The van der Waals surface area contributed by atoms with Gasteiger partial charge in [-0.25, -0.2) is 0 Å². The van der Waals surface area contributed by atoms with Crippen LogP contribution >= 0.6 is 0 Å². The van der Waals surface area contributed by atoms with Gasteiger partial charge in [0, 0.05) is 0 Å². The average Bonchev–Trinajstić information content (AvgIpc) is 2.26. The highest BCUT2D eigenvalue weighted by molar-refractivity contribution is 5.71. The molecule has 0 aliphatic rings. The van der Waals surface area contributed by atoms with Crippen LogP contribution in [0.2, 0.25) is 0 Å². The lowest BCUT2D eigenvalue weighted by Crippen LogP contribution is -2.01. The number of esters is 1. The van der Waals surface area contributed by atoms with E-state index in [2.05, 4.69) is 6.58 Å². The van der Waals surface area contributed by atoms with E-state index < -0.39 is 0 Å². The van der Waals surface area contributed by atoms with E-state index in [4.69, 9.17) is 4.74 Å². The number of carbonyl (C=O) groups excluding carboxylic acids is 1. The second kappa shape index (κ2) is 6.60. The number of rotatable bonds is 5. The van der Waals surface area contributed by atoms with Gasteiger partial charge in [-0.3, -0.25) is 4.79 Å². The molecule has 0 saturated heterocycles.